The topological polar surface area (TPSA) is 72.7 Å². The maximum atomic E-state index is 13.1. The van der Waals surface area contributed by atoms with Gasteiger partial charge in [0, 0.05) is 35.1 Å². The summed E-state index contributed by atoms with van der Waals surface area (Å²) < 4.78 is 1.27. The van der Waals surface area contributed by atoms with Crippen molar-refractivity contribution >= 4 is 23.5 Å². The lowest BCUT2D eigenvalue weighted by Crippen LogP contribution is -2.17. The summed E-state index contributed by atoms with van der Waals surface area (Å²) in [5.74, 6) is 0.454. The van der Waals surface area contributed by atoms with Crippen LogP contribution in [0.5, 0.6) is 0 Å². The summed E-state index contributed by atoms with van der Waals surface area (Å²) in [7, 11) is 0. The maximum Gasteiger partial charge on any atom is 0.281 e. The van der Waals surface area contributed by atoms with Crippen LogP contribution in [0.3, 0.4) is 0 Å². The summed E-state index contributed by atoms with van der Waals surface area (Å²) >= 11 is 6.05. The molecule has 0 spiro atoms. The monoisotopic (exact) mass is 403 g/mol. The fraction of sp³-hybridized carbons (Fsp3) is 0.0909. The third-order valence-corrected chi connectivity index (χ3v) is 4.60. The van der Waals surface area contributed by atoms with Gasteiger partial charge in [-0.15, -0.1) is 5.10 Å². The highest BCUT2D eigenvalue weighted by Crippen LogP contribution is 2.20. The molecule has 4 aromatic rings. The average molecular weight is 404 g/mol. The van der Waals surface area contributed by atoms with Crippen molar-refractivity contribution in [3.63, 3.8) is 0 Å². The number of halogens is 1. The van der Waals surface area contributed by atoms with Gasteiger partial charge in [-0.05, 0) is 42.8 Å². The minimum atomic E-state index is -0.318. The minimum Gasteiger partial charge on any atom is -0.350 e. The predicted octanol–water partition coefficient (Wildman–Crippen LogP) is 4.60. The minimum absolute atomic E-state index is 0.318. The second-order valence-corrected chi connectivity index (χ2v) is 7.00. The lowest BCUT2D eigenvalue weighted by Gasteiger charge is -2.08. The van der Waals surface area contributed by atoms with E-state index in [4.69, 9.17) is 11.6 Å². The molecule has 0 amide bonds. The number of aryl methyl sites for hydroxylation is 1. The summed E-state index contributed by atoms with van der Waals surface area (Å²) in [6.45, 7) is 2.55. The number of benzene rings is 2. The largest absolute Gasteiger partial charge is 0.350 e. The molecule has 0 bridgehead atoms. The quantitative estimate of drug-likeness (QED) is 0.527. The van der Waals surface area contributed by atoms with Crippen LogP contribution < -0.4 is 5.32 Å². The number of anilines is 1. The molecule has 0 atom stereocenters. The Morgan fingerprint density at radius 2 is 1.93 bits per heavy atom. The Morgan fingerprint density at radius 1 is 1.10 bits per heavy atom. The molecule has 1 N–H and O–H groups in total. The number of aromatic nitrogens is 4. The molecule has 0 fully saturated rings. The van der Waals surface area contributed by atoms with Gasteiger partial charge in [-0.2, -0.15) is 9.67 Å². The number of carbonyl (C=O) groups excluding carboxylic acids is 1. The van der Waals surface area contributed by atoms with Crippen molar-refractivity contribution in [1.82, 2.24) is 19.7 Å². The number of hydrogen-bond donors (Lipinski definition) is 1. The van der Waals surface area contributed by atoms with Crippen molar-refractivity contribution in [3.05, 3.63) is 94.8 Å². The summed E-state index contributed by atoms with van der Waals surface area (Å²) in [4.78, 5) is 21.7. The van der Waals surface area contributed by atoms with Gasteiger partial charge in [-0.1, -0.05) is 47.5 Å². The molecule has 2 aromatic heterocycles. The number of nitrogens with zero attached hydrogens (tertiary/aromatic N) is 4. The number of pyridine rings is 1. The third kappa shape index (κ3) is 4.33. The van der Waals surface area contributed by atoms with Gasteiger partial charge in [0.1, 0.15) is 0 Å². The first-order valence-electron chi connectivity index (χ1n) is 9.07. The Kier molecular flexibility index (Phi) is 5.35. The number of carbonyl (C=O) groups is 1. The standard InChI is InChI=1S/C22H18ClN5O/c1-15-7-9-16(10-8-15)13-25-22-26-20(18-5-3-11-24-14-18)27-28(22)21(29)17-4-2-6-19(23)12-17/h2-12,14H,13H2,1H3,(H,25,26,27). The van der Waals surface area contributed by atoms with Gasteiger partial charge < -0.3 is 5.32 Å². The lowest BCUT2D eigenvalue weighted by molar-refractivity contribution is 0.0947. The van der Waals surface area contributed by atoms with Gasteiger partial charge >= 0.3 is 0 Å². The Bertz CT molecular complexity index is 1140. The van der Waals surface area contributed by atoms with Crippen molar-refractivity contribution in [2.24, 2.45) is 0 Å². The first-order chi connectivity index (χ1) is 14.1. The highest BCUT2D eigenvalue weighted by molar-refractivity contribution is 6.31. The molecule has 7 heteroatoms. The molecule has 0 saturated heterocycles. The van der Waals surface area contributed by atoms with Gasteiger partial charge in [0.2, 0.25) is 5.95 Å². The zero-order valence-electron chi connectivity index (χ0n) is 15.7. The van der Waals surface area contributed by atoms with E-state index in [1.54, 1.807) is 42.7 Å². The lowest BCUT2D eigenvalue weighted by atomic mass is 10.1. The second kappa shape index (κ2) is 8.24. The van der Waals surface area contributed by atoms with Crippen LogP contribution in [-0.2, 0) is 6.54 Å². The van der Waals surface area contributed by atoms with Crippen molar-refractivity contribution in [3.8, 4) is 11.4 Å². The normalized spacial score (nSPS) is 10.7. The zero-order chi connectivity index (χ0) is 20.2. The highest BCUT2D eigenvalue weighted by Gasteiger charge is 2.19. The van der Waals surface area contributed by atoms with E-state index >= 15 is 0 Å². The van der Waals surface area contributed by atoms with Gasteiger partial charge in [0.15, 0.2) is 5.82 Å². The molecule has 0 radical (unpaired) electrons. The van der Waals surface area contributed by atoms with E-state index in [-0.39, 0.29) is 5.91 Å². The molecule has 144 valence electrons. The fourth-order valence-electron chi connectivity index (χ4n) is 2.82. The van der Waals surface area contributed by atoms with E-state index in [0.717, 1.165) is 11.1 Å². The number of rotatable bonds is 5. The summed E-state index contributed by atoms with van der Waals surface area (Å²) in [6, 6.07) is 18.6. The van der Waals surface area contributed by atoms with Crippen molar-refractivity contribution < 1.29 is 4.79 Å². The smallest absolute Gasteiger partial charge is 0.281 e. The van der Waals surface area contributed by atoms with Gasteiger partial charge in [-0.3, -0.25) is 9.78 Å². The molecular weight excluding hydrogens is 386 g/mol. The Balaban J connectivity index is 1.68. The molecule has 0 saturated carbocycles. The second-order valence-electron chi connectivity index (χ2n) is 6.57. The van der Waals surface area contributed by atoms with E-state index in [2.05, 4.69) is 20.4 Å². The van der Waals surface area contributed by atoms with E-state index in [9.17, 15) is 4.79 Å². The number of hydrogen-bond acceptors (Lipinski definition) is 5. The van der Waals surface area contributed by atoms with Crippen molar-refractivity contribution in [1.29, 1.82) is 0 Å². The zero-order valence-corrected chi connectivity index (χ0v) is 16.5. The summed E-state index contributed by atoms with van der Waals surface area (Å²) in [5, 5.41) is 8.13. The maximum absolute atomic E-state index is 13.1. The molecular formula is C22H18ClN5O. The van der Waals surface area contributed by atoms with Gasteiger partial charge in [0.05, 0.1) is 0 Å². The van der Waals surface area contributed by atoms with Crippen LogP contribution in [0.4, 0.5) is 5.95 Å². The summed E-state index contributed by atoms with van der Waals surface area (Å²) in [6.07, 6.45) is 3.33. The molecule has 29 heavy (non-hydrogen) atoms. The fourth-order valence-corrected chi connectivity index (χ4v) is 3.01. The van der Waals surface area contributed by atoms with Crippen LogP contribution in [-0.4, -0.2) is 25.7 Å². The average Bonchev–Trinajstić information content (AvgIpc) is 3.18. The van der Waals surface area contributed by atoms with Crippen molar-refractivity contribution in [2.75, 3.05) is 5.32 Å². The first-order valence-corrected chi connectivity index (χ1v) is 9.45. The van der Waals surface area contributed by atoms with Crippen molar-refractivity contribution in [2.45, 2.75) is 13.5 Å². The van der Waals surface area contributed by atoms with Crippen LogP contribution >= 0.6 is 11.6 Å². The van der Waals surface area contributed by atoms with Crippen LogP contribution in [0.25, 0.3) is 11.4 Å². The van der Waals surface area contributed by atoms with E-state index in [0.29, 0.717) is 28.9 Å². The Morgan fingerprint density at radius 3 is 2.66 bits per heavy atom. The third-order valence-electron chi connectivity index (χ3n) is 4.36. The van der Waals surface area contributed by atoms with E-state index in [1.165, 1.54) is 10.2 Å². The van der Waals surface area contributed by atoms with E-state index < -0.39 is 0 Å². The Hall–Kier alpha value is -3.51. The van der Waals surface area contributed by atoms with Crippen LogP contribution in [0, 0.1) is 6.92 Å². The van der Waals surface area contributed by atoms with E-state index in [1.807, 2.05) is 37.3 Å². The predicted molar refractivity (Wildman–Crippen MR) is 113 cm³/mol. The molecule has 0 aliphatic heterocycles. The van der Waals surface area contributed by atoms with Crippen LogP contribution in [0.15, 0.2) is 73.1 Å². The first kappa shape index (κ1) is 18.8. The van der Waals surface area contributed by atoms with Crippen LogP contribution in [0.1, 0.15) is 21.5 Å². The molecule has 0 aliphatic rings. The number of nitrogens with one attached hydrogen (secondary N) is 1. The van der Waals surface area contributed by atoms with Gasteiger partial charge in [0.25, 0.3) is 5.91 Å². The van der Waals surface area contributed by atoms with Crippen LogP contribution in [0.2, 0.25) is 5.02 Å². The molecule has 0 unspecified atom stereocenters. The molecule has 4 rings (SSSR count). The molecule has 2 aromatic carbocycles. The molecule has 0 aliphatic carbocycles. The summed E-state index contributed by atoms with van der Waals surface area (Å²) in [5.41, 5.74) is 3.41. The highest BCUT2D eigenvalue weighted by atomic mass is 35.5. The Labute approximate surface area is 173 Å². The molecule has 2 heterocycles. The SMILES string of the molecule is Cc1ccc(CNc2nc(-c3cccnc3)nn2C(=O)c2cccc(Cl)c2)cc1. The molecule has 6 nitrogen and oxygen atoms in total. The van der Waals surface area contributed by atoms with Gasteiger partial charge in [-0.25, -0.2) is 0 Å².